The number of hydrogen-bond donors (Lipinski definition) is 1. The minimum absolute atomic E-state index is 0.376. The van der Waals surface area contributed by atoms with Crippen LogP contribution in [0.1, 0.15) is 0 Å². The van der Waals surface area contributed by atoms with E-state index in [4.69, 9.17) is 16.3 Å². The largest absolute Gasteiger partial charge is 0.495 e. The molecule has 1 N–H and O–H groups in total. The molecular weight excluding hydrogens is 354 g/mol. The van der Waals surface area contributed by atoms with E-state index in [1.165, 1.54) is 7.11 Å². The van der Waals surface area contributed by atoms with Gasteiger partial charge in [0.05, 0.1) is 12.8 Å². The number of amides is 2. The first kappa shape index (κ1) is 18.1. The zero-order chi connectivity index (χ0) is 18.5. The van der Waals surface area contributed by atoms with Crippen molar-refractivity contribution in [2.75, 3.05) is 43.5 Å². The van der Waals surface area contributed by atoms with Crippen molar-refractivity contribution >= 4 is 34.8 Å². The van der Waals surface area contributed by atoms with E-state index >= 15 is 0 Å². The second kappa shape index (κ2) is 8.10. The highest BCUT2D eigenvalue weighted by Gasteiger charge is 2.26. The van der Waals surface area contributed by atoms with E-state index in [1.54, 1.807) is 23.1 Å². The summed E-state index contributed by atoms with van der Waals surface area (Å²) < 4.78 is 5.18. The van der Waals surface area contributed by atoms with Crippen LogP contribution in [-0.2, 0) is 9.59 Å². The van der Waals surface area contributed by atoms with Crippen LogP contribution in [0, 0.1) is 0 Å². The van der Waals surface area contributed by atoms with Gasteiger partial charge < -0.3 is 19.9 Å². The molecule has 1 fully saturated rings. The Morgan fingerprint density at radius 2 is 1.73 bits per heavy atom. The fourth-order valence-electron chi connectivity index (χ4n) is 2.90. The minimum atomic E-state index is -0.696. The summed E-state index contributed by atoms with van der Waals surface area (Å²) >= 11 is 5.95. The number of anilines is 2. The Morgan fingerprint density at radius 3 is 2.38 bits per heavy atom. The number of para-hydroxylation sites is 1. The lowest BCUT2D eigenvalue weighted by molar-refractivity contribution is -0.143. The van der Waals surface area contributed by atoms with Gasteiger partial charge >= 0.3 is 11.8 Å². The van der Waals surface area contributed by atoms with Crippen LogP contribution in [0.3, 0.4) is 0 Å². The van der Waals surface area contributed by atoms with E-state index in [2.05, 4.69) is 10.2 Å². The van der Waals surface area contributed by atoms with E-state index in [-0.39, 0.29) is 0 Å². The van der Waals surface area contributed by atoms with Crippen LogP contribution < -0.4 is 15.0 Å². The minimum Gasteiger partial charge on any atom is -0.495 e. The predicted octanol–water partition coefficient (Wildman–Crippen LogP) is 2.64. The third-order valence-electron chi connectivity index (χ3n) is 4.29. The van der Waals surface area contributed by atoms with Gasteiger partial charge in [-0.25, -0.2) is 0 Å². The molecule has 2 aromatic rings. The van der Waals surface area contributed by atoms with Crippen LogP contribution >= 0.6 is 11.6 Å². The van der Waals surface area contributed by atoms with Crippen molar-refractivity contribution in [3.05, 3.63) is 53.6 Å². The first-order valence-electron chi connectivity index (χ1n) is 8.32. The molecule has 0 saturated carbocycles. The Labute approximate surface area is 157 Å². The maximum Gasteiger partial charge on any atom is 0.314 e. The molecule has 0 spiro atoms. The van der Waals surface area contributed by atoms with Gasteiger partial charge in [-0.15, -0.1) is 0 Å². The monoisotopic (exact) mass is 373 g/mol. The van der Waals surface area contributed by atoms with Crippen LogP contribution in [0.2, 0.25) is 5.02 Å². The Balaban J connectivity index is 1.60. The number of carbonyl (C=O) groups is 2. The molecule has 1 heterocycles. The first-order chi connectivity index (χ1) is 12.6. The lowest BCUT2D eigenvalue weighted by Gasteiger charge is -2.35. The molecule has 0 atom stereocenters. The normalized spacial score (nSPS) is 14.1. The lowest BCUT2D eigenvalue weighted by Crippen LogP contribution is -2.51. The van der Waals surface area contributed by atoms with Gasteiger partial charge in [0.2, 0.25) is 0 Å². The maximum absolute atomic E-state index is 12.5. The molecule has 3 rings (SSSR count). The van der Waals surface area contributed by atoms with Crippen LogP contribution in [0.25, 0.3) is 0 Å². The molecule has 0 unspecified atom stereocenters. The molecule has 1 aliphatic rings. The Hall–Kier alpha value is -2.73. The maximum atomic E-state index is 12.5. The molecule has 2 amide bonds. The van der Waals surface area contributed by atoms with Gasteiger partial charge in [-0.2, -0.15) is 0 Å². The van der Waals surface area contributed by atoms with Gasteiger partial charge in [-0.3, -0.25) is 9.59 Å². The van der Waals surface area contributed by atoms with Gasteiger partial charge in [-0.1, -0.05) is 29.8 Å². The van der Waals surface area contributed by atoms with Crippen molar-refractivity contribution in [3.63, 3.8) is 0 Å². The third-order valence-corrected chi connectivity index (χ3v) is 4.53. The zero-order valence-electron chi connectivity index (χ0n) is 14.4. The second-order valence-electron chi connectivity index (χ2n) is 5.91. The molecule has 7 heteroatoms. The van der Waals surface area contributed by atoms with Crippen molar-refractivity contribution < 1.29 is 14.3 Å². The molecular formula is C19H20ClN3O3. The summed E-state index contributed by atoms with van der Waals surface area (Å²) in [5.41, 5.74) is 1.49. The van der Waals surface area contributed by atoms with E-state index in [1.807, 2.05) is 30.3 Å². The quantitative estimate of drug-likeness (QED) is 0.840. The predicted molar refractivity (Wildman–Crippen MR) is 102 cm³/mol. The van der Waals surface area contributed by atoms with Crippen molar-refractivity contribution in [2.24, 2.45) is 0 Å². The van der Waals surface area contributed by atoms with Gasteiger partial charge in [-0.05, 0) is 30.3 Å². The summed E-state index contributed by atoms with van der Waals surface area (Å²) in [6, 6.07) is 14.9. The average Bonchev–Trinajstić information content (AvgIpc) is 2.68. The molecule has 2 aromatic carbocycles. The SMILES string of the molecule is COc1ccc(Cl)cc1NC(=O)C(=O)N1CCN(c2ccccc2)CC1. The standard InChI is InChI=1S/C19H20ClN3O3/c1-26-17-8-7-14(20)13-16(17)21-18(24)19(25)23-11-9-22(10-12-23)15-5-3-2-4-6-15/h2-8,13H,9-12H2,1H3,(H,21,24). The smallest absolute Gasteiger partial charge is 0.314 e. The van der Waals surface area contributed by atoms with Crippen molar-refractivity contribution in [3.8, 4) is 5.75 Å². The fraction of sp³-hybridized carbons (Fsp3) is 0.263. The summed E-state index contributed by atoms with van der Waals surface area (Å²) in [6.07, 6.45) is 0. The molecule has 0 aromatic heterocycles. The van der Waals surface area contributed by atoms with Crippen molar-refractivity contribution in [1.29, 1.82) is 0 Å². The Bertz CT molecular complexity index is 790. The number of methoxy groups -OCH3 is 1. The average molecular weight is 374 g/mol. The van der Waals surface area contributed by atoms with E-state index in [0.717, 1.165) is 5.69 Å². The van der Waals surface area contributed by atoms with E-state index in [0.29, 0.717) is 42.6 Å². The number of hydrogen-bond acceptors (Lipinski definition) is 4. The summed E-state index contributed by atoms with van der Waals surface area (Å²) in [5, 5.41) is 3.04. The summed E-state index contributed by atoms with van der Waals surface area (Å²) in [6.45, 7) is 2.36. The highest BCUT2D eigenvalue weighted by Crippen LogP contribution is 2.27. The highest BCUT2D eigenvalue weighted by molar-refractivity contribution is 6.40. The molecule has 26 heavy (non-hydrogen) atoms. The Morgan fingerprint density at radius 1 is 1.04 bits per heavy atom. The van der Waals surface area contributed by atoms with Crippen molar-refractivity contribution in [2.45, 2.75) is 0 Å². The number of benzene rings is 2. The topological polar surface area (TPSA) is 61.9 Å². The van der Waals surface area contributed by atoms with Gasteiger partial charge in [0, 0.05) is 36.9 Å². The molecule has 136 valence electrons. The van der Waals surface area contributed by atoms with Crippen LogP contribution in [-0.4, -0.2) is 50.0 Å². The van der Waals surface area contributed by atoms with Crippen molar-refractivity contribution in [1.82, 2.24) is 4.90 Å². The molecule has 1 aliphatic heterocycles. The van der Waals surface area contributed by atoms with E-state index in [9.17, 15) is 9.59 Å². The number of ether oxygens (including phenoxy) is 1. The summed E-state index contributed by atoms with van der Waals surface area (Å²) in [4.78, 5) is 28.5. The number of piperazine rings is 1. The Kier molecular flexibility index (Phi) is 5.63. The van der Waals surface area contributed by atoms with Crippen LogP contribution in [0.5, 0.6) is 5.75 Å². The molecule has 6 nitrogen and oxygen atoms in total. The van der Waals surface area contributed by atoms with Crippen LogP contribution in [0.15, 0.2) is 48.5 Å². The number of carbonyl (C=O) groups excluding carboxylic acids is 2. The third kappa shape index (κ3) is 4.08. The fourth-order valence-corrected chi connectivity index (χ4v) is 3.08. The highest BCUT2D eigenvalue weighted by atomic mass is 35.5. The van der Waals surface area contributed by atoms with Crippen LogP contribution in [0.4, 0.5) is 11.4 Å². The lowest BCUT2D eigenvalue weighted by atomic mass is 10.2. The summed E-state index contributed by atoms with van der Waals surface area (Å²) in [7, 11) is 1.49. The number of halogens is 1. The summed E-state index contributed by atoms with van der Waals surface area (Å²) in [5.74, 6) is -0.803. The van der Waals surface area contributed by atoms with Gasteiger partial charge in [0.1, 0.15) is 5.75 Å². The molecule has 0 radical (unpaired) electrons. The van der Waals surface area contributed by atoms with Gasteiger partial charge in [0.25, 0.3) is 0 Å². The molecule has 0 aliphatic carbocycles. The number of nitrogens with one attached hydrogen (secondary N) is 1. The number of rotatable bonds is 3. The van der Waals surface area contributed by atoms with E-state index < -0.39 is 11.8 Å². The molecule has 1 saturated heterocycles. The second-order valence-corrected chi connectivity index (χ2v) is 6.35. The zero-order valence-corrected chi connectivity index (χ0v) is 15.2. The molecule has 0 bridgehead atoms. The first-order valence-corrected chi connectivity index (χ1v) is 8.70. The number of nitrogens with zero attached hydrogens (tertiary/aromatic N) is 2. The van der Waals surface area contributed by atoms with Gasteiger partial charge in [0.15, 0.2) is 0 Å².